The van der Waals surface area contributed by atoms with Crippen molar-refractivity contribution in [3.05, 3.63) is 56.5 Å². The number of hydrogen-bond acceptors (Lipinski definition) is 5. The second-order valence-corrected chi connectivity index (χ2v) is 11.3. The summed E-state index contributed by atoms with van der Waals surface area (Å²) in [5, 5.41) is 0.788. The number of ketones is 2. The van der Waals surface area contributed by atoms with E-state index in [2.05, 4.69) is 0 Å². The van der Waals surface area contributed by atoms with E-state index in [9.17, 15) is 9.59 Å². The van der Waals surface area contributed by atoms with Gasteiger partial charge in [-0.25, -0.2) is 0 Å². The van der Waals surface area contributed by atoms with Gasteiger partial charge in [-0.05, 0) is 58.2 Å². The Labute approximate surface area is 199 Å². The van der Waals surface area contributed by atoms with Gasteiger partial charge in [0, 0.05) is 52.8 Å². The van der Waals surface area contributed by atoms with E-state index < -0.39 is 17.0 Å². The molecule has 0 saturated heterocycles. The number of halogens is 2. The molecule has 5 nitrogen and oxygen atoms in total. The van der Waals surface area contributed by atoms with Crippen molar-refractivity contribution in [2.24, 2.45) is 23.3 Å². The van der Waals surface area contributed by atoms with Crippen molar-refractivity contribution in [3.8, 4) is 0 Å². The first-order chi connectivity index (χ1) is 14.8. The average molecular weight is 477 g/mol. The number of rotatable bonds is 3. The lowest BCUT2D eigenvalue weighted by molar-refractivity contribution is -0.123. The number of allylic oxidation sites excluding steroid dienone is 4. The zero-order chi connectivity index (χ0) is 23.6. The second kappa shape index (κ2) is 7.98. The lowest BCUT2D eigenvalue weighted by Gasteiger charge is -2.43. The fourth-order valence-electron chi connectivity index (χ4n) is 5.29. The van der Waals surface area contributed by atoms with Crippen molar-refractivity contribution in [2.45, 2.75) is 70.4 Å². The predicted molar refractivity (Wildman–Crippen MR) is 126 cm³/mol. The summed E-state index contributed by atoms with van der Waals surface area (Å²) < 4.78 is 6.24. The van der Waals surface area contributed by atoms with Gasteiger partial charge in [0.05, 0.1) is 10.0 Å². The number of nitrogens with two attached hydrogens (primary N) is 2. The molecule has 0 radical (unpaired) electrons. The molecule has 7 heteroatoms. The van der Waals surface area contributed by atoms with Crippen LogP contribution in [-0.4, -0.2) is 22.6 Å². The van der Waals surface area contributed by atoms with Crippen molar-refractivity contribution in [1.82, 2.24) is 0 Å². The van der Waals surface area contributed by atoms with Crippen LogP contribution in [0.1, 0.15) is 64.9 Å². The Morgan fingerprint density at radius 3 is 1.72 bits per heavy atom. The number of carbonyl (C=O) groups is 2. The molecule has 32 heavy (non-hydrogen) atoms. The van der Waals surface area contributed by atoms with E-state index in [0.29, 0.717) is 58.4 Å². The van der Waals surface area contributed by atoms with Gasteiger partial charge < -0.3 is 16.2 Å². The summed E-state index contributed by atoms with van der Waals surface area (Å²) in [4.78, 5) is 27.5. The fourth-order valence-corrected chi connectivity index (χ4v) is 5.60. The summed E-state index contributed by atoms with van der Waals surface area (Å²) in [5.41, 5.74) is 13.1. The smallest absolute Gasteiger partial charge is 0.168 e. The predicted octanol–water partition coefficient (Wildman–Crippen LogP) is 5.05. The van der Waals surface area contributed by atoms with Gasteiger partial charge in [-0.15, -0.1) is 0 Å². The Morgan fingerprint density at radius 2 is 1.31 bits per heavy atom. The van der Waals surface area contributed by atoms with E-state index in [1.165, 1.54) is 0 Å². The SMILES string of the molecule is CC(C)(N)C1CCC2=C(C1=O)C(c1ccc(Cl)c(Cl)c1)C1=C(CCC(C(C)(C)N)C1=O)O2. The maximum Gasteiger partial charge on any atom is 0.168 e. The van der Waals surface area contributed by atoms with Crippen LogP contribution < -0.4 is 11.5 Å². The van der Waals surface area contributed by atoms with E-state index in [0.717, 1.165) is 5.56 Å². The zero-order valence-electron chi connectivity index (χ0n) is 18.9. The molecule has 0 aromatic heterocycles. The first kappa shape index (κ1) is 23.5. The third kappa shape index (κ3) is 3.94. The van der Waals surface area contributed by atoms with E-state index in [1.54, 1.807) is 12.1 Å². The Balaban J connectivity index is 1.90. The fraction of sp³-hybridized carbons (Fsp3) is 0.520. The second-order valence-electron chi connectivity index (χ2n) is 10.4. The van der Waals surface area contributed by atoms with Gasteiger partial charge >= 0.3 is 0 Å². The Hall–Kier alpha value is -1.66. The summed E-state index contributed by atoms with van der Waals surface area (Å²) in [5.74, 6) is -0.145. The molecule has 4 rings (SSSR count). The molecule has 0 amide bonds. The molecular weight excluding hydrogens is 447 g/mol. The monoisotopic (exact) mass is 476 g/mol. The zero-order valence-corrected chi connectivity index (χ0v) is 20.4. The first-order valence-corrected chi connectivity index (χ1v) is 11.8. The van der Waals surface area contributed by atoms with Crippen LogP contribution in [0.15, 0.2) is 40.9 Å². The molecule has 2 unspecified atom stereocenters. The highest BCUT2D eigenvalue weighted by Gasteiger charge is 2.50. The summed E-state index contributed by atoms with van der Waals surface area (Å²) in [6.45, 7) is 7.45. The van der Waals surface area contributed by atoms with Crippen LogP contribution in [0.25, 0.3) is 0 Å². The van der Waals surface area contributed by atoms with Crippen LogP contribution in [-0.2, 0) is 14.3 Å². The number of carbonyl (C=O) groups excluding carboxylic acids is 2. The molecule has 0 spiro atoms. The van der Waals surface area contributed by atoms with Crippen molar-refractivity contribution < 1.29 is 14.3 Å². The average Bonchev–Trinajstić information content (AvgIpc) is 2.67. The third-order valence-electron chi connectivity index (χ3n) is 6.98. The maximum atomic E-state index is 13.8. The van der Waals surface area contributed by atoms with Gasteiger partial charge in [0.25, 0.3) is 0 Å². The molecular formula is C25H30Cl2N2O3. The Kier molecular flexibility index (Phi) is 5.86. The first-order valence-electron chi connectivity index (χ1n) is 11.1. The van der Waals surface area contributed by atoms with Gasteiger partial charge in [-0.3, -0.25) is 9.59 Å². The largest absolute Gasteiger partial charge is 0.465 e. The number of benzene rings is 1. The van der Waals surface area contributed by atoms with E-state index in [4.69, 9.17) is 39.4 Å². The minimum atomic E-state index is -0.690. The highest BCUT2D eigenvalue weighted by molar-refractivity contribution is 6.42. The highest BCUT2D eigenvalue weighted by atomic mass is 35.5. The normalized spacial score (nSPS) is 26.7. The lowest BCUT2D eigenvalue weighted by Crippen LogP contribution is -2.50. The van der Waals surface area contributed by atoms with Crippen LogP contribution in [0.5, 0.6) is 0 Å². The van der Waals surface area contributed by atoms with E-state index >= 15 is 0 Å². The summed E-state index contributed by atoms with van der Waals surface area (Å²) in [6, 6.07) is 5.27. The Morgan fingerprint density at radius 1 is 0.844 bits per heavy atom. The number of hydrogen-bond donors (Lipinski definition) is 2. The molecule has 0 fully saturated rings. The van der Waals surface area contributed by atoms with Gasteiger partial charge in [0.2, 0.25) is 0 Å². The maximum absolute atomic E-state index is 13.8. The topological polar surface area (TPSA) is 95.4 Å². The summed E-state index contributed by atoms with van der Waals surface area (Å²) in [7, 11) is 0. The number of Topliss-reactive ketones (excluding diaryl/α,β-unsaturated/α-hetero) is 2. The Bertz CT molecular complexity index is 1000. The molecule has 1 aliphatic heterocycles. The lowest BCUT2D eigenvalue weighted by atomic mass is 9.65. The molecule has 4 N–H and O–H groups in total. The van der Waals surface area contributed by atoms with E-state index in [1.807, 2.05) is 33.8 Å². The van der Waals surface area contributed by atoms with Crippen LogP contribution in [0, 0.1) is 11.8 Å². The molecule has 0 bridgehead atoms. The van der Waals surface area contributed by atoms with Crippen LogP contribution in [0.4, 0.5) is 0 Å². The minimum Gasteiger partial charge on any atom is -0.465 e. The van der Waals surface area contributed by atoms with Crippen LogP contribution >= 0.6 is 23.2 Å². The van der Waals surface area contributed by atoms with Gasteiger partial charge in [-0.2, -0.15) is 0 Å². The molecule has 2 atom stereocenters. The van der Waals surface area contributed by atoms with Crippen LogP contribution in [0.3, 0.4) is 0 Å². The quantitative estimate of drug-likeness (QED) is 0.636. The molecule has 3 aliphatic rings. The van der Waals surface area contributed by atoms with Crippen molar-refractivity contribution in [3.63, 3.8) is 0 Å². The van der Waals surface area contributed by atoms with Gasteiger partial charge in [0.15, 0.2) is 11.6 Å². The van der Waals surface area contributed by atoms with Crippen LogP contribution in [0.2, 0.25) is 10.0 Å². The summed E-state index contributed by atoms with van der Waals surface area (Å²) >= 11 is 12.5. The standard InChI is InChI=1S/C25H30Cl2N2O3/c1-24(2,28)13-6-9-17-20(22(13)30)19(12-5-8-15(26)16(27)11-12)21-18(32-17)10-7-14(23(21)31)25(3,4)29/h5,8,11,13-14,19H,6-7,9-10,28-29H2,1-4H3. The molecule has 0 saturated carbocycles. The highest BCUT2D eigenvalue weighted by Crippen LogP contribution is 2.51. The molecule has 1 aromatic carbocycles. The molecule has 2 aliphatic carbocycles. The number of ether oxygens (including phenoxy) is 1. The van der Waals surface area contributed by atoms with Crippen molar-refractivity contribution >= 4 is 34.8 Å². The van der Waals surface area contributed by atoms with Crippen molar-refractivity contribution in [2.75, 3.05) is 0 Å². The minimum absolute atomic E-state index is 0.0664. The van der Waals surface area contributed by atoms with E-state index in [-0.39, 0.29) is 23.4 Å². The summed E-state index contributed by atoms with van der Waals surface area (Å²) in [6.07, 6.45) is 2.43. The van der Waals surface area contributed by atoms with Gasteiger partial charge in [0.1, 0.15) is 11.5 Å². The van der Waals surface area contributed by atoms with Gasteiger partial charge in [-0.1, -0.05) is 29.3 Å². The molecule has 1 aromatic rings. The van der Waals surface area contributed by atoms with Crippen molar-refractivity contribution in [1.29, 1.82) is 0 Å². The molecule has 172 valence electrons. The third-order valence-corrected chi connectivity index (χ3v) is 7.72. The molecule has 1 heterocycles.